The fourth-order valence-electron chi connectivity index (χ4n) is 6.10. The molecule has 3 fully saturated rings. The molecule has 1 aromatic heterocycles. The minimum Gasteiger partial charge on any atom is -0.475 e. The Labute approximate surface area is 255 Å². The number of amides is 1. The standard InChI is InChI=1S/C25H35N3O3.2C2HF3O2/c1-24(2)20-6-5-19(22(24)12-20)15-28-10-11-30-17-25(16-28)8-7-21(31-25)14-27-23(29)18-4-3-9-26-13-18;2*3-2(4,5)1(6)7/h3-5,9,13,20-22H,6-8,10-12,14-17H2,1-2H3,(H,27,29);2*(H,6,7)/t20-,21+,22-,25+;;/m0../s1. The smallest absolute Gasteiger partial charge is 0.475 e. The second kappa shape index (κ2) is 14.5. The molecule has 1 aromatic rings. The molecule has 1 saturated carbocycles. The van der Waals surface area contributed by atoms with Gasteiger partial charge >= 0.3 is 24.3 Å². The van der Waals surface area contributed by atoms with Gasteiger partial charge in [0.2, 0.25) is 0 Å². The molecule has 252 valence electrons. The highest BCUT2D eigenvalue weighted by molar-refractivity contribution is 5.93. The number of ether oxygens (including phenoxy) is 2. The highest BCUT2D eigenvalue weighted by Gasteiger charge is 2.51. The van der Waals surface area contributed by atoms with E-state index in [0.717, 1.165) is 50.9 Å². The lowest BCUT2D eigenvalue weighted by Crippen LogP contribution is -2.51. The highest BCUT2D eigenvalue weighted by atomic mass is 19.4. The minimum atomic E-state index is -5.08. The van der Waals surface area contributed by atoms with Gasteiger partial charge in [-0.05, 0) is 55.1 Å². The van der Waals surface area contributed by atoms with Crippen molar-refractivity contribution in [1.29, 1.82) is 0 Å². The zero-order valence-electron chi connectivity index (χ0n) is 24.8. The molecule has 16 heteroatoms. The molecule has 5 aliphatic rings. The Bertz CT molecular complexity index is 1200. The summed E-state index contributed by atoms with van der Waals surface area (Å²) >= 11 is 0. The van der Waals surface area contributed by atoms with Gasteiger partial charge in [0.1, 0.15) is 5.60 Å². The summed E-state index contributed by atoms with van der Waals surface area (Å²) in [6.07, 6.45) is 0.171. The van der Waals surface area contributed by atoms with Gasteiger partial charge in [-0.25, -0.2) is 9.59 Å². The summed E-state index contributed by atoms with van der Waals surface area (Å²) in [7, 11) is 0. The number of aliphatic carboxylic acids is 2. The van der Waals surface area contributed by atoms with Crippen molar-refractivity contribution < 1.29 is 60.4 Å². The first kappa shape index (κ1) is 36.2. The van der Waals surface area contributed by atoms with Crippen LogP contribution in [0.15, 0.2) is 36.2 Å². The van der Waals surface area contributed by atoms with E-state index in [4.69, 9.17) is 29.3 Å². The SMILES string of the molecule is CC1(C)[C@H]2CC=C(CN3CCOC[C@@]4(CC[C@H](CNC(=O)c5cccnc5)O4)C3)[C@@H]1C2.O=C(O)C(F)(F)F.O=C(O)C(F)(F)F. The van der Waals surface area contributed by atoms with Crippen LogP contribution >= 0.6 is 0 Å². The second-order valence-electron chi connectivity index (χ2n) is 12.1. The Morgan fingerprint density at radius 2 is 1.76 bits per heavy atom. The average molecular weight is 654 g/mol. The average Bonchev–Trinajstić information content (AvgIpc) is 3.25. The number of rotatable bonds is 5. The number of pyridine rings is 1. The van der Waals surface area contributed by atoms with Crippen molar-refractivity contribution in [3.63, 3.8) is 0 Å². The minimum absolute atomic E-state index is 0.0318. The van der Waals surface area contributed by atoms with Crippen molar-refractivity contribution in [1.82, 2.24) is 15.2 Å². The van der Waals surface area contributed by atoms with E-state index in [0.29, 0.717) is 24.1 Å². The van der Waals surface area contributed by atoms with Crippen molar-refractivity contribution in [2.24, 2.45) is 17.3 Å². The first-order valence-electron chi connectivity index (χ1n) is 14.3. The number of nitrogens with one attached hydrogen (secondary N) is 1. The summed E-state index contributed by atoms with van der Waals surface area (Å²) in [5.74, 6) is -3.99. The fraction of sp³-hybridized carbons (Fsp3) is 0.655. The third-order valence-electron chi connectivity index (χ3n) is 8.66. The fourth-order valence-corrected chi connectivity index (χ4v) is 6.10. The van der Waals surface area contributed by atoms with Crippen LogP contribution in [0.3, 0.4) is 0 Å². The molecule has 2 saturated heterocycles. The van der Waals surface area contributed by atoms with Crippen LogP contribution < -0.4 is 5.32 Å². The summed E-state index contributed by atoms with van der Waals surface area (Å²) in [6.45, 7) is 9.72. The molecule has 3 aliphatic carbocycles. The highest BCUT2D eigenvalue weighted by Crippen LogP contribution is 2.59. The number of nitrogens with zero attached hydrogens (tertiary/aromatic N) is 2. The van der Waals surface area contributed by atoms with E-state index in [2.05, 4.69) is 35.1 Å². The molecule has 1 amide bonds. The number of carbonyl (C=O) groups excluding carboxylic acids is 1. The number of carboxylic acids is 2. The van der Waals surface area contributed by atoms with E-state index in [9.17, 15) is 31.1 Å². The van der Waals surface area contributed by atoms with Gasteiger partial charge < -0.3 is 25.0 Å². The second-order valence-corrected chi connectivity index (χ2v) is 12.1. The Hall–Kier alpha value is -3.24. The first-order valence-corrected chi connectivity index (χ1v) is 14.3. The molecular weight excluding hydrogens is 616 g/mol. The Morgan fingerprint density at radius 3 is 2.29 bits per heavy atom. The number of allylic oxidation sites excluding steroid dienone is 1. The van der Waals surface area contributed by atoms with Crippen molar-refractivity contribution in [3.05, 3.63) is 41.7 Å². The maximum Gasteiger partial charge on any atom is 0.490 e. The number of hydrogen-bond donors (Lipinski definition) is 3. The topological polar surface area (TPSA) is 138 Å². The van der Waals surface area contributed by atoms with Crippen molar-refractivity contribution in [3.8, 4) is 0 Å². The summed E-state index contributed by atoms with van der Waals surface area (Å²) < 4.78 is 76.0. The lowest BCUT2D eigenvalue weighted by molar-refractivity contribution is -0.193. The number of carboxylic acid groups (broad SMARTS) is 2. The zero-order chi connectivity index (χ0) is 33.6. The summed E-state index contributed by atoms with van der Waals surface area (Å²) in [5.41, 5.74) is 2.42. The molecule has 3 heterocycles. The van der Waals surface area contributed by atoms with E-state index in [-0.39, 0.29) is 17.6 Å². The van der Waals surface area contributed by atoms with Crippen LogP contribution in [0, 0.1) is 17.3 Å². The van der Waals surface area contributed by atoms with Crippen LogP contribution in [0.4, 0.5) is 26.3 Å². The van der Waals surface area contributed by atoms with Crippen LogP contribution in [-0.2, 0) is 19.1 Å². The third-order valence-corrected chi connectivity index (χ3v) is 8.66. The van der Waals surface area contributed by atoms with Crippen LogP contribution in [0.2, 0.25) is 0 Å². The number of carbonyl (C=O) groups is 3. The van der Waals surface area contributed by atoms with E-state index in [1.54, 1.807) is 30.1 Å². The molecule has 1 spiro atoms. The van der Waals surface area contributed by atoms with Gasteiger partial charge in [-0.1, -0.05) is 25.5 Å². The Morgan fingerprint density at radius 1 is 1.11 bits per heavy atom. The quantitative estimate of drug-likeness (QED) is 0.313. The Kier molecular flexibility index (Phi) is 11.6. The third kappa shape index (κ3) is 9.87. The largest absolute Gasteiger partial charge is 0.490 e. The number of alkyl halides is 6. The molecule has 3 N–H and O–H groups in total. The van der Waals surface area contributed by atoms with Gasteiger partial charge in [-0.15, -0.1) is 0 Å². The van der Waals surface area contributed by atoms with Gasteiger partial charge in [-0.3, -0.25) is 14.7 Å². The van der Waals surface area contributed by atoms with Gasteiger partial charge in [0.25, 0.3) is 5.91 Å². The van der Waals surface area contributed by atoms with Gasteiger partial charge in [0.05, 0.1) is 24.9 Å². The predicted molar refractivity (Wildman–Crippen MR) is 146 cm³/mol. The number of halogens is 6. The van der Waals surface area contributed by atoms with Crippen molar-refractivity contribution >= 4 is 17.8 Å². The zero-order valence-corrected chi connectivity index (χ0v) is 24.8. The van der Waals surface area contributed by atoms with Gasteiger partial charge in [0, 0.05) is 38.6 Å². The molecular formula is C29H37F6N3O7. The van der Waals surface area contributed by atoms with Crippen LogP contribution in [0.25, 0.3) is 0 Å². The van der Waals surface area contributed by atoms with Crippen LogP contribution in [0.5, 0.6) is 0 Å². The van der Waals surface area contributed by atoms with Gasteiger partial charge in [-0.2, -0.15) is 26.3 Å². The maximum atomic E-state index is 12.3. The summed E-state index contributed by atoms with van der Waals surface area (Å²) in [5, 5.41) is 17.3. The van der Waals surface area contributed by atoms with Gasteiger partial charge in [0.15, 0.2) is 0 Å². The molecule has 10 nitrogen and oxygen atoms in total. The molecule has 0 unspecified atom stereocenters. The van der Waals surface area contributed by atoms with E-state index >= 15 is 0 Å². The maximum absolute atomic E-state index is 12.3. The number of hydrogen-bond acceptors (Lipinski definition) is 7. The molecule has 0 radical (unpaired) electrons. The predicted octanol–water partition coefficient (Wildman–Crippen LogP) is 4.32. The molecule has 2 bridgehead atoms. The molecule has 2 aliphatic heterocycles. The summed E-state index contributed by atoms with van der Waals surface area (Å²) in [6, 6.07) is 3.56. The summed E-state index contributed by atoms with van der Waals surface area (Å²) in [4.78, 5) is 36.7. The van der Waals surface area contributed by atoms with E-state index < -0.39 is 24.3 Å². The number of fused-ring (bicyclic) bond motifs is 1. The normalized spacial score (nSPS) is 27.4. The van der Waals surface area contributed by atoms with Crippen LogP contribution in [0.1, 0.15) is 49.9 Å². The molecule has 6 rings (SSSR count). The van der Waals surface area contributed by atoms with E-state index in [1.807, 2.05) is 0 Å². The Balaban J connectivity index is 0.000000331. The van der Waals surface area contributed by atoms with Crippen LogP contribution in [-0.4, -0.2) is 101 Å². The number of aromatic nitrogens is 1. The molecule has 45 heavy (non-hydrogen) atoms. The lowest BCUT2D eigenvalue weighted by Gasteiger charge is -2.57. The van der Waals surface area contributed by atoms with Crippen molar-refractivity contribution in [2.75, 3.05) is 39.4 Å². The lowest BCUT2D eigenvalue weighted by atomic mass is 9.49. The van der Waals surface area contributed by atoms with Crippen molar-refractivity contribution in [2.45, 2.75) is 63.6 Å². The van der Waals surface area contributed by atoms with E-state index in [1.165, 1.54) is 12.8 Å². The monoisotopic (exact) mass is 653 g/mol. The molecule has 0 aromatic carbocycles. The molecule has 4 atom stereocenters. The first-order chi connectivity index (χ1) is 20.8.